The molecule has 1 fully saturated rings. The van der Waals surface area contributed by atoms with Gasteiger partial charge in [0.1, 0.15) is 0 Å². The molecule has 1 saturated carbocycles. The number of halogens is 1. The van der Waals surface area contributed by atoms with Crippen LogP contribution in [0.5, 0.6) is 0 Å². The van der Waals surface area contributed by atoms with E-state index < -0.39 is 0 Å². The van der Waals surface area contributed by atoms with Crippen molar-refractivity contribution in [2.75, 3.05) is 7.05 Å². The van der Waals surface area contributed by atoms with Gasteiger partial charge in [-0.3, -0.25) is 4.90 Å². The Morgan fingerprint density at radius 2 is 2.19 bits per heavy atom. The normalized spacial score (nSPS) is 25.8. The van der Waals surface area contributed by atoms with E-state index in [1.807, 2.05) is 18.2 Å². The molecule has 1 aromatic rings. The topological polar surface area (TPSA) is 27.0 Å². The zero-order valence-electron chi connectivity index (χ0n) is 13.1. The number of benzene rings is 1. The van der Waals surface area contributed by atoms with Crippen molar-refractivity contribution in [3.05, 3.63) is 34.9 Å². The molecule has 2 rings (SSSR count). The lowest BCUT2D eigenvalue weighted by atomic mass is 9.76. The fraction of sp³-hybridized carbons (Fsp3) is 0.611. The molecule has 0 saturated heterocycles. The SMILES string of the molecule is CCCC1CCC(C#N)C(N(C)Cc2cccc(Cl)c2)C1. The third-order valence-corrected chi connectivity index (χ3v) is 4.91. The first-order valence-corrected chi connectivity index (χ1v) is 8.36. The third kappa shape index (κ3) is 4.46. The van der Waals surface area contributed by atoms with Gasteiger partial charge < -0.3 is 0 Å². The molecule has 0 spiro atoms. The molecule has 21 heavy (non-hydrogen) atoms. The van der Waals surface area contributed by atoms with Crippen LogP contribution in [0.1, 0.15) is 44.6 Å². The van der Waals surface area contributed by atoms with Crippen molar-refractivity contribution in [3.63, 3.8) is 0 Å². The van der Waals surface area contributed by atoms with Gasteiger partial charge >= 0.3 is 0 Å². The Bertz CT molecular complexity index is 494. The van der Waals surface area contributed by atoms with Gasteiger partial charge in [-0.15, -0.1) is 0 Å². The van der Waals surface area contributed by atoms with Crippen molar-refractivity contribution < 1.29 is 0 Å². The van der Waals surface area contributed by atoms with Crippen molar-refractivity contribution in [2.24, 2.45) is 11.8 Å². The molecular formula is C18H25ClN2. The van der Waals surface area contributed by atoms with Crippen molar-refractivity contribution in [3.8, 4) is 6.07 Å². The molecule has 3 atom stereocenters. The second-order valence-electron chi connectivity index (χ2n) is 6.32. The Hall–Kier alpha value is -1.04. The molecule has 3 heteroatoms. The minimum atomic E-state index is 0.169. The second-order valence-corrected chi connectivity index (χ2v) is 6.75. The molecular weight excluding hydrogens is 280 g/mol. The maximum Gasteiger partial charge on any atom is 0.0672 e. The second kappa shape index (κ2) is 7.82. The number of hydrogen-bond acceptors (Lipinski definition) is 2. The van der Waals surface area contributed by atoms with Gasteiger partial charge in [-0.1, -0.05) is 43.5 Å². The standard InChI is InChI=1S/C18H25ClN2/c1-3-5-14-8-9-16(12-20)18(11-14)21(2)13-15-6-4-7-17(19)10-15/h4,6-7,10,14,16,18H,3,5,8-9,11,13H2,1-2H3. The molecule has 1 aromatic carbocycles. The van der Waals surface area contributed by atoms with E-state index in [1.54, 1.807) is 0 Å². The zero-order valence-corrected chi connectivity index (χ0v) is 13.8. The molecule has 0 radical (unpaired) electrons. The Morgan fingerprint density at radius 1 is 1.38 bits per heavy atom. The molecule has 1 aliphatic carbocycles. The highest BCUT2D eigenvalue weighted by molar-refractivity contribution is 6.30. The van der Waals surface area contributed by atoms with E-state index in [-0.39, 0.29) is 5.92 Å². The first kappa shape index (κ1) is 16.3. The van der Waals surface area contributed by atoms with E-state index in [1.165, 1.54) is 24.8 Å². The van der Waals surface area contributed by atoms with Gasteiger partial charge in [-0.05, 0) is 49.9 Å². The van der Waals surface area contributed by atoms with Crippen molar-refractivity contribution in [1.82, 2.24) is 4.90 Å². The van der Waals surface area contributed by atoms with E-state index >= 15 is 0 Å². The lowest BCUT2D eigenvalue weighted by Gasteiger charge is -2.38. The van der Waals surface area contributed by atoms with Crippen LogP contribution >= 0.6 is 11.6 Å². The van der Waals surface area contributed by atoms with E-state index in [0.29, 0.717) is 6.04 Å². The largest absolute Gasteiger partial charge is 0.298 e. The maximum absolute atomic E-state index is 9.44. The highest BCUT2D eigenvalue weighted by Crippen LogP contribution is 2.34. The van der Waals surface area contributed by atoms with Gasteiger partial charge in [-0.25, -0.2) is 0 Å². The molecule has 0 aliphatic heterocycles. The van der Waals surface area contributed by atoms with Crippen LogP contribution in [0.3, 0.4) is 0 Å². The molecule has 114 valence electrons. The van der Waals surface area contributed by atoms with Gasteiger partial charge in [-0.2, -0.15) is 5.26 Å². The lowest BCUT2D eigenvalue weighted by molar-refractivity contribution is 0.116. The summed E-state index contributed by atoms with van der Waals surface area (Å²) in [6, 6.07) is 10.9. The maximum atomic E-state index is 9.44. The molecule has 3 unspecified atom stereocenters. The monoisotopic (exact) mass is 304 g/mol. The zero-order chi connectivity index (χ0) is 15.2. The summed E-state index contributed by atoms with van der Waals surface area (Å²) in [5.74, 6) is 0.953. The summed E-state index contributed by atoms with van der Waals surface area (Å²) in [5, 5.41) is 10.2. The first-order valence-electron chi connectivity index (χ1n) is 7.98. The van der Waals surface area contributed by atoms with Gasteiger partial charge in [0.15, 0.2) is 0 Å². The smallest absolute Gasteiger partial charge is 0.0672 e. The van der Waals surface area contributed by atoms with E-state index in [9.17, 15) is 5.26 Å². The lowest BCUT2D eigenvalue weighted by Crippen LogP contribution is -2.41. The minimum absolute atomic E-state index is 0.169. The quantitative estimate of drug-likeness (QED) is 0.775. The highest BCUT2D eigenvalue weighted by atomic mass is 35.5. The van der Waals surface area contributed by atoms with Gasteiger partial charge in [0.2, 0.25) is 0 Å². The minimum Gasteiger partial charge on any atom is -0.298 e. The molecule has 0 heterocycles. The highest BCUT2D eigenvalue weighted by Gasteiger charge is 2.32. The fourth-order valence-corrected chi connectivity index (χ4v) is 3.79. The summed E-state index contributed by atoms with van der Waals surface area (Å²) in [5.41, 5.74) is 1.22. The fourth-order valence-electron chi connectivity index (χ4n) is 3.58. The number of nitriles is 1. The Morgan fingerprint density at radius 3 is 2.86 bits per heavy atom. The van der Waals surface area contributed by atoms with Crippen molar-refractivity contribution >= 4 is 11.6 Å². The summed E-state index contributed by atoms with van der Waals surface area (Å²) < 4.78 is 0. The van der Waals surface area contributed by atoms with E-state index in [4.69, 9.17) is 11.6 Å². The third-order valence-electron chi connectivity index (χ3n) is 4.68. The Labute approximate surface area is 133 Å². The summed E-state index contributed by atoms with van der Waals surface area (Å²) in [6.45, 7) is 3.11. The van der Waals surface area contributed by atoms with Crippen molar-refractivity contribution in [1.29, 1.82) is 5.26 Å². The molecule has 0 aromatic heterocycles. The molecule has 0 N–H and O–H groups in total. The summed E-state index contributed by atoms with van der Waals surface area (Å²) in [6.07, 6.45) is 5.95. The van der Waals surface area contributed by atoms with Crippen molar-refractivity contribution in [2.45, 2.75) is 51.6 Å². The molecule has 2 nitrogen and oxygen atoms in total. The summed E-state index contributed by atoms with van der Waals surface area (Å²) >= 11 is 6.06. The first-order chi connectivity index (χ1) is 10.1. The Kier molecular flexibility index (Phi) is 6.08. The Balaban J connectivity index is 2.03. The predicted octanol–water partition coefficient (Wildman–Crippen LogP) is 4.88. The van der Waals surface area contributed by atoms with Crippen LogP contribution < -0.4 is 0 Å². The average molecular weight is 305 g/mol. The number of hydrogen-bond donors (Lipinski definition) is 0. The average Bonchev–Trinajstić information content (AvgIpc) is 2.47. The van der Waals surface area contributed by atoms with Gasteiger partial charge in [0, 0.05) is 17.6 Å². The van der Waals surface area contributed by atoms with Gasteiger partial charge in [0.05, 0.1) is 12.0 Å². The van der Waals surface area contributed by atoms with Gasteiger partial charge in [0.25, 0.3) is 0 Å². The van der Waals surface area contributed by atoms with Crippen LogP contribution in [-0.4, -0.2) is 18.0 Å². The van der Waals surface area contributed by atoms with Crippen LogP contribution in [0, 0.1) is 23.2 Å². The molecule has 0 bridgehead atoms. The van der Waals surface area contributed by atoms with Crippen LogP contribution in [0.25, 0.3) is 0 Å². The number of rotatable bonds is 5. The van der Waals surface area contributed by atoms with E-state index in [0.717, 1.165) is 30.3 Å². The molecule has 0 amide bonds. The van der Waals surface area contributed by atoms with Crippen LogP contribution in [0.15, 0.2) is 24.3 Å². The predicted molar refractivity (Wildman–Crippen MR) is 88.1 cm³/mol. The number of nitrogens with zero attached hydrogens (tertiary/aromatic N) is 2. The van der Waals surface area contributed by atoms with Crippen LogP contribution in [0.4, 0.5) is 0 Å². The van der Waals surface area contributed by atoms with E-state index in [2.05, 4.69) is 31.0 Å². The summed E-state index contributed by atoms with van der Waals surface area (Å²) in [4.78, 5) is 2.35. The van der Waals surface area contributed by atoms with Crippen LogP contribution in [-0.2, 0) is 6.54 Å². The van der Waals surface area contributed by atoms with Crippen LogP contribution in [0.2, 0.25) is 5.02 Å². The molecule has 1 aliphatic rings. The summed E-state index contributed by atoms with van der Waals surface area (Å²) in [7, 11) is 2.14.